The van der Waals surface area contributed by atoms with E-state index in [1.807, 2.05) is 6.92 Å². The van der Waals surface area contributed by atoms with Crippen LogP contribution in [-0.4, -0.2) is 18.6 Å². The third kappa shape index (κ3) is 2.51. The SMILES string of the molecule is CCNCc1ncoc1-c1ccc(F)c(OC)c1. The molecule has 0 saturated carbocycles. The number of nitrogens with one attached hydrogen (secondary N) is 1. The van der Waals surface area contributed by atoms with Crippen molar-refractivity contribution in [1.29, 1.82) is 0 Å². The summed E-state index contributed by atoms with van der Waals surface area (Å²) in [4.78, 5) is 4.14. The molecule has 0 fully saturated rings. The van der Waals surface area contributed by atoms with E-state index < -0.39 is 5.82 Å². The molecule has 18 heavy (non-hydrogen) atoms. The second-order valence-electron chi connectivity index (χ2n) is 3.76. The van der Waals surface area contributed by atoms with Gasteiger partial charge >= 0.3 is 0 Å². The lowest BCUT2D eigenvalue weighted by molar-refractivity contribution is 0.386. The van der Waals surface area contributed by atoms with E-state index in [4.69, 9.17) is 9.15 Å². The highest BCUT2D eigenvalue weighted by Gasteiger charge is 2.12. The molecule has 0 amide bonds. The summed E-state index contributed by atoms with van der Waals surface area (Å²) in [5.74, 6) is 0.432. The first-order valence-corrected chi connectivity index (χ1v) is 5.73. The zero-order valence-electron chi connectivity index (χ0n) is 10.4. The molecule has 1 aromatic heterocycles. The van der Waals surface area contributed by atoms with Crippen molar-refractivity contribution in [2.45, 2.75) is 13.5 Å². The van der Waals surface area contributed by atoms with Crippen LogP contribution in [0, 0.1) is 5.82 Å². The van der Waals surface area contributed by atoms with Gasteiger partial charge in [-0.25, -0.2) is 9.37 Å². The fourth-order valence-electron chi connectivity index (χ4n) is 1.67. The van der Waals surface area contributed by atoms with Gasteiger partial charge in [-0.2, -0.15) is 0 Å². The highest BCUT2D eigenvalue weighted by Crippen LogP contribution is 2.28. The number of methoxy groups -OCH3 is 1. The van der Waals surface area contributed by atoms with Gasteiger partial charge in [-0.1, -0.05) is 6.92 Å². The van der Waals surface area contributed by atoms with E-state index in [-0.39, 0.29) is 5.75 Å². The minimum Gasteiger partial charge on any atom is -0.494 e. The standard InChI is InChI=1S/C13H15FN2O2/c1-3-15-7-11-13(18-8-16-11)9-4-5-10(14)12(6-9)17-2/h4-6,8,15H,3,7H2,1-2H3. The van der Waals surface area contributed by atoms with Crippen LogP contribution in [0.4, 0.5) is 4.39 Å². The molecule has 1 N–H and O–H groups in total. The van der Waals surface area contributed by atoms with Crippen molar-refractivity contribution in [3.8, 4) is 17.1 Å². The summed E-state index contributed by atoms with van der Waals surface area (Å²) in [5, 5.41) is 3.17. The van der Waals surface area contributed by atoms with Crippen molar-refractivity contribution in [3.05, 3.63) is 36.1 Å². The van der Waals surface area contributed by atoms with Gasteiger partial charge in [0.1, 0.15) is 5.69 Å². The fraction of sp³-hybridized carbons (Fsp3) is 0.308. The molecule has 96 valence electrons. The maximum absolute atomic E-state index is 13.3. The molecule has 0 spiro atoms. The normalized spacial score (nSPS) is 10.6. The van der Waals surface area contributed by atoms with E-state index in [0.717, 1.165) is 17.8 Å². The number of hydrogen-bond donors (Lipinski definition) is 1. The summed E-state index contributed by atoms with van der Waals surface area (Å²) in [6.07, 6.45) is 1.39. The molecule has 0 radical (unpaired) electrons. The predicted octanol–water partition coefficient (Wildman–Crippen LogP) is 2.60. The molecule has 5 heteroatoms. The van der Waals surface area contributed by atoms with E-state index >= 15 is 0 Å². The Kier molecular flexibility index (Phi) is 3.94. The molecule has 0 atom stereocenters. The molecule has 1 heterocycles. The Balaban J connectivity index is 2.33. The number of halogens is 1. The third-order valence-corrected chi connectivity index (χ3v) is 2.60. The van der Waals surface area contributed by atoms with E-state index in [1.54, 1.807) is 12.1 Å². The van der Waals surface area contributed by atoms with Crippen molar-refractivity contribution in [2.75, 3.05) is 13.7 Å². The Bertz CT molecular complexity index is 525. The molecule has 0 saturated heterocycles. The van der Waals surface area contributed by atoms with E-state index in [1.165, 1.54) is 19.6 Å². The Morgan fingerprint density at radius 1 is 1.44 bits per heavy atom. The molecule has 0 bridgehead atoms. The number of benzene rings is 1. The first-order valence-electron chi connectivity index (χ1n) is 5.73. The van der Waals surface area contributed by atoms with Gasteiger partial charge in [-0.15, -0.1) is 0 Å². The maximum atomic E-state index is 13.3. The smallest absolute Gasteiger partial charge is 0.181 e. The average Bonchev–Trinajstić information content (AvgIpc) is 2.85. The highest BCUT2D eigenvalue weighted by atomic mass is 19.1. The van der Waals surface area contributed by atoms with Gasteiger partial charge in [-0.05, 0) is 24.7 Å². The van der Waals surface area contributed by atoms with Gasteiger partial charge in [0.05, 0.1) is 7.11 Å². The first kappa shape index (κ1) is 12.6. The number of nitrogens with zero attached hydrogens (tertiary/aromatic N) is 1. The number of rotatable bonds is 5. The van der Waals surface area contributed by atoms with Gasteiger partial charge in [0.25, 0.3) is 0 Å². The minimum absolute atomic E-state index is 0.193. The second-order valence-corrected chi connectivity index (χ2v) is 3.76. The van der Waals surface area contributed by atoms with E-state index in [2.05, 4.69) is 10.3 Å². The third-order valence-electron chi connectivity index (χ3n) is 2.60. The fourth-order valence-corrected chi connectivity index (χ4v) is 1.67. The van der Waals surface area contributed by atoms with Gasteiger partial charge in [0, 0.05) is 12.1 Å². The van der Waals surface area contributed by atoms with Crippen molar-refractivity contribution in [1.82, 2.24) is 10.3 Å². The summed E-state index contributed by atoms with van der Waals surface area (Å²) in [6, 6.07) is 4.60. The van der Waals surface area contributed by atoms with Crippen molar-refractivity contribution >= 4 is 0 Å². The Morgan fingerprint density at radius 3 is 3.00 bits per heavy atom. The summed E-state index contributed by atoms with van der Waals surface area (Å²) in [7, 11) is 1.43. The van der Waals surface area contributed by atoms with Crippen molar-refractivity contribution in [3.63, 3.8) is 0 Å². The quantitative estimate of drug-likeness (QED) is 0.886. The van der Waals surface area contributed by atoms with Crippen LogP contribution in [0.5, 0.6) is 5.75 Å². The summed E-state index contributed by atoms with van der Waals surface area (Å²) in [5.41, 5.74) is 1.55. The second kappa shape index (κ2) is 5.64. The topological polar surface area (TPSA) is 47.3 Å². The average molecular weight is 250 g/mol. The minimum atomic E-state index is -0.394. The van der Waals surface area contributed by atoms with Gasteiger partial charge in [-0.3, -0.25) is 0 Å². The number of ether oxygens (including phenoxy) is 1. The molecule has 0 aliphatic rings. The zero-order chi connectivity index (χ0) is 13.0. The van der Waals surface area contributed by atoms with Gasteiger partial charge < -0.3 is 14.5 Å². The molecule has 2 aromatic rings. The van der Waals surface area contributed by atoms with Crippen LogP contribution in [-0.2, 0) is 6.54 Å². The van der Waals surface area contributed by atoms with E-state index in [0.29, 0.717) is 12.3 Å². The van der Waals surface area contributed by atoms with Crippen molar-refractivity contribution in [2.24, 2.45) is 0 Å². The Morgan fingerprint density at radius 2 is 2.28 bits per heavy atom. The van der Waals surface area contributed by atoms with Crippen LogP contribution in [0.3, 0.4) is 0 Å². The Hall–Kier alpha value is -1.88. The molecular weight excluding hydrogens is 235 g/mol. The van der Waals surface area contributed by atoms with E-state index in [9.17, 15) is 4.39 Å². The first-order chi connectivity index (χ1) is 8.76. The van der Waals surface area contributed by atoms with Crippen LogP contribution in [0.1, 0.15) is 12.6 Å². The molecule has 0 aliphatic carbocycles. The monoisotopic (exact) mass is 250 g/mol. The van der Waals surface area contributed by atoms with Crippen LogP contribution in [0.2, 0.25) is 0 Å². The van der Waals surface area contributed by atoms with Gasteiger partial charge in [0.2, 0.25) is 0 Å². The molecule has 0 aliphatic heterocycles. The number of aromatic nitrogens is 1. The molecule has 4 nitrogen and oxygen atoms in total. The van der Waals surface area contributed by atoms with Crippen LogP contribution >= 0.6 is 0 Å². The van der Waals surface area contributed by atoms with Crippen LogP contribution in [0.15, 0.2) is 29.0 Å². The lowest BCUT2D eigenvalue weighted by Crippen LogP contribution is -2.12. The zero-order valence-corrected chi connectivity index (χ0v) is 10.4. The maximum Gasteiger partial charge on any atom is 0.181 e. The lowest BCUT2D eigenvalue weighted by atomic mass is 10.1. The molecular formula is C13H15FN2O2. The summed E-state index contributed by atoms with van der Waals surface area (Å²) >= 11 is 0. The van der Waals surface area contributed by atoms with Crippen molar-refractivity contribution < 1.29 is 13.5 Å². The predicted molar refractivity (Wildman–Crippen MR) is 65.8 cm³/mol. The number of oxazole rings is 1. The van der Waals surface area contributed by atoms with Crippen LogP contribution < -0.4 is 10.1 Å². The molecule has 2 rings (SSSR count). The number of hydrogen-bond acceptors (Lipinski definition) is 4. The summed E-state index contributed by atoms with van der Waals surface area (Å²) < 4.78 is 23.6. The Labute approximate surface area is 105 Å². The lowest BCUT2D eigenvalue weighted by Gasteiger charge is -2.05. The van der Waals surface area contributed by atoms with Gasteiger partial charge in [0.15, 0.2) is 23.7 Å². The summed E-state index contributed by atoms with van der Waals surface area (Å²) in [6.45, 7) is 3.47. The largest absolute Gasteiger partial charge is 0.494 e. The molecule has 1 aromatic carbocycles. The highest BCUT2D eigenvalue weighted by molar-refractivity contribution is 5.61. The molecule has 0 unspecified atom stereocenters. The van der Waals surface area contributed by atoms with Crippen LogP contribution in [0.25, 0.3) is 11.3 Å².